The number of imidazole rings is 1. The number of hydrogen-bond acceptors (Lipinski definition) is 3. The van der Waals surface area contributed by atoms with Crippen molar-refractivity contribution in [3.63, 3.8) is 0 Å². The zero-order chi connectivity index (χ0) is 9.54. The van der Waals surface area contributed by atoms with Crippen molar-refractivity contribution in [2.24, 2.45) is 0 Å². The highest BCUT2D eigenvalue weighted by Crippen LogP contribution is 2.30. The molecular formula is C10H10N4. The second-order valence-corrected chi connectivity index (χ2v) is 3.43. The van der Waals surface area contributed by atoms with Crippen LogP contribution < -0.4 is 5.32 Å². The molecule has 0 unspecified atom stereocenters. The lowest BCUT2D eigenvalue weighted by molar-refractivity contribution is 0.764. The summed E-state index contributed by atoms with van der Waals surface area (Å²) in [7, 11) is 0. The minimum absolute atomic E-state index is 0.264. The van der Waals surface area contributed by atoms with E-state index in [4.69, 9.17) is 0 Å². The molecule has 70 valence electrons. The van der Waals surface area contributed by atoms with Gasteiger partial charge in [-0.05, 0) is 19.1 Å². The van der Waals surface area contributed by atoms with E-state index in [0.717, 1.165) is 11.5 Å². The molecule has 0 spiro atoms. The molecule has 1 N–H and O–H groups in total. The van der Waals surface area contributed by atoms with E-state index in [1.165, 1.54) is 5.69 Å². The lowest BCUT2D eigenvalue weighted by Gasteiger charge is -2.24. The fourth-order valence-electron chi connectivity index (χ4n) is 1.81. The van der Waals surface area contributed by atoms with Crippen molar-refractivity contribution in [3.05, 3.63) is 36.5 Å². The topological polar surface area (TPSA) is 42.7 Å². The average molecular weight is 186 g/mol. The van der Waals surface area contributed by atoms with Crippen molar-refractivity contribution >= 4 is 5.82 Å². The summed E-state index contributed by atoms with van der Waals surface area (Å²) in [5.41, 5.74) is 2.24. The third-order valence-electron chi connectivity index (χ3n) is 2.51. The lowest BCUT2D eigenvalue weighted by atomic mass is 10.2. The Morgan fingerprint density at radius 1 is 1.50 bits per heavy atom. The first-order valence-electron chi connectivity index (χ1n) is 4.60. The molecule has 1 aliphatic rings. The highest BCUT2D eigenvalue weighted by molar-refractivity contribution is 5.59. The Kier molecular flexibility index (Phi) is 1.39. The van der Waals surface area contributed by atoms with E-state index in [2.05, 4.69) is 26.8 Å². The summed E-state index contributed by atoms with van der Waals surface area (Å²) in [6.07, 6.45) is 5.50. The molecule has 3 heterocycles. The highest BCUT2D eigenvalue weighted by atomic mass is 15.2. The van der Waals surface area contributed by atoms with Crippen molar-refractivity contribution in [2.75, 3.05) is 5.32 Å². The molecule has 2 aromatic rings. The fourth-order valence-corrected chi connectivity index (χ4v) is 1.81. The molecule has 0 saturated heterocycles. The van der Waals surface area contributed by atoms with Crippen LogP contribution in [0.3, 0.4) is 0 Å². The van der Waals surface area contributed by atoms with Gasteiger partial charge in [-0.15, -0.1) is 0 Å². The van der Waals surface area contributed by atoms with Gasteiger partial charge in [0.1, 0.15) is 0 Å². The first-order valence-corrected chi connectivity index (χ1v) is 4.60. The Morgan fingerprint density at radius 2 is 2.43 bits per heavy atom. The summed E-state index contributed by atoms with van der Waals surface area (Å²) in [5.74, 6) is 0.922. The molecule has 0 aromatic carbocycles. The summed E-state index contributed by atoms with van der Waals surface area (Å²) in [6.45, 7) is 2.10. The van der Waals surface area contributed by atoms with E-state index >= 15 is 0 Å². The zero-order valence-electron chi connectivity index (χ0n) is 7.81. The van der Waals surface area contributed by atoms with Gasteiger partial charge < -0.3 is 5.32 Å². The summed E-state index contributed by atoms with van der Waals surface area (Å²) >= 11 is 0. The fraction of sp³-hybridized carbons (Fsp3) is 0.200. The molecule has 2 aromatic heterocycles. The van der Waals surface area contributed by atoms with Crippen LogP contribution in [-0.2, 0) is 0 Å². The first kappa shape index (κ1) is 7.55. The standard InChI is InChI=1S/C10H10N4/c1-7-9-5-11-6-14(9)8-3-2-4-12-10(8)13-7/h2-7H,1H3,(H,12,13)/t7-/m0/s1. The van der Waals surface area contributed by atoms with E-state index in [-0.39, 0.29) is 6.04 Å². The van der Waals surface area contributed by atoms with Crippen LogP contribution in [0.2, 0.25) is 0 Å². The molecule has 0 radical (unpaired) electrons. The highest BCUT2D eigenvalue weighted by Gasteiger charge is 2.20. The summed E-state index contributed by atoms with van der Waals surface area (Å²) < 4.78 is 2.07. The van der Waals surface area contributed by atoms with Crippen LogP contribution >= 0.6 is 0 Å². The van der Waals surface area contributed by atoms with Crippen molar-refractivity contribution in [1.82, 2.24) is 14.5 Å². The second kappa shape index (κ2) is 2.57. The molecule has 3 rings (SSSR count). The van der Waals surface area contributed by atoms with E-state index in [9.17, 15) is 0 Å². The molecule has 0 aliphatic carbocycles. The minimum Gasteiger partial charge on any atom is -0.360 e. The van der Waals surface area contributed by atoms with E-state index in [1.54, 1.807) is 6.20 Å². The summed E-state index contributed by atoms with van der Waals surface area (Å²) in [5, 5.41) is 3.33. The molecule has 14 heavy (non-hydrogen) atoms. The van der Waals surface area contributed by atoms with Crippen LogP contribution in [0.1, 0.15) is 18.7 Å². The maximum Gasteiger partial charge on any atom is 0.150 e. The van der Waals surface area contributed by atoms with Crippen molar-refractivity contribution in [3.8, 4) is 5.69 Å². The van der Waals surface area contributed by atoms with Crippen LogP contribution in [0.5, 0.6) is 0 Å². The van der Waals surface area contributed by atoms with Crippen LogP contribution in [0.25, 0.3) is 5.69 Å². The predicted octanol–water partition coefficient (Wildman–Crippen LogP) is 1.75. The van der Waals surface area contributed by atoms with Crippen molar-refractivity contribution in [1.29, 1.82) is 0 Å². The van der Waals surface area contributed by atoms with Gasteiger partial charge in [0.15, 0.2) is 5.82 Å². The molecule has 0 fully saturated rings. The van der Waals surface area contributed by atoms with E-state index in [0.29, 0.717) is 0 Å². The number of rotatable bonds is 0. The Labute approximate surface area is 81.6 Å². The summed E-state index contributed by atoms with van der Waals surface area (Å²) in [6, 6.07) is 4.23. The third kappa shape index (κ3) is 0.878. The molecule has 0 amide bonds. The van der Waals surface area contributed by atoms with Gasteiger partial charge in [0.05, 0.1) is 29.9 Å². The molecule has 4 heteroatoms. The Bertz CT molecular complexity index is 474. The Hall–Kier alpha value is -1.84. The zero-order valence-corrected chi connectivity index (χ0v) is 7.81. The van der Waals surface area contributed by atoms with E-state index in [1.807, 2.05) is 24.7 Å². The molecule has 1 aliphatic heterocycles. The van der Waals surface area contributed by atoms with Gasteiger partial charge in [-0.1, -0.05) is 0 Å². The molecule has 0 saturated carbocycles. The number of nitrogens with one attached hydrogen (secondary N) is 1. The number of pyridine rings is 1. The van der Waals surface area contributed by atoms with Gasteiger partial charge in [0.2, 0.25) is 0 Å². The van der Waals surface area contributed by atoms with Crippen LogP contribution in [0, 0.1) is 0 Å². The minimum atomic E-state index is 0.264. The molecule has 0 bridgehead atoms. The second-order valence-electron chi connectivity index (χ2n) is 3.43. The number of fused-ring (bicyclic) bond motifs is 3. The van der Waals surface area contributed by atoms with E-state index < -0.39 is 0 Å². The smallest absolute Gasteiger partial charge is 0.150 e. The van der Waals surface area contributed by atoms with Gasteiger partial charge >= 0.3 is 0 Å². The molecule has 4 nitrogen and oxygen atoms in total. The van der Waals surface area contributed by atoms with Gasteiger partial charge in [-0.3, -0.25) is 4.57 Å². The van der Waals surface area contributed by atoms with Crippen LogP contribution in [-0.4, -0.2) is 14.5 Å². The number of aromatic nitrogens is 3. The molecular weight excluding hydrogens is 176 g/mol. The first-order chi connectivity index (χ1) is 6.86. The Balaban J connectivity index is 2.29. The van der Waals surface area contributed by atoms with Crippen molar-refractivity contribution < 1.29 is 0 Å². The third-order valence-corrected chi connectivity index (χ3v) is 2.51. The number of nitrogens with zero attached hydrogens (tertiary/aromatic N) is 3. The van der Waals surface area contributed by atoms with Gasteiger partial charge in [-0.2, -0.15) is 0 Å². The average Bonchev–Trinajstić information content (AvgIpc) is 2.67. The summed E-state index contributed by atoms with van der Waals surface area (Å²) in [4.78, 5) is 8.44. The monoisotopic (exact) mass is 186 g/mol. The van der Waals surface area contributed by atoms with Crippen LogP contribution in [0.4, 0.5) is 5.82 Å². The largest absolute Gasteiger partial charge is 0.360 e. The van der Waals surface area contributed by atoms with Gasteiger partial charge in [0.25, 0.3) is 0 Å². The Morgan fingerprint density at radius 3 is 3.36 bits per heavy atom. The van der Waals surface area contributed by atoms with Crippen LogP contribution in [0.15, 0.2) is 30.9 Å². The quantitative estimate of drug-likeness (QED) is 0.681. The normalized spacial score (nSPS) is 18.2. The number of hydrogen-bond donors (Lipinski definition) is 1. The van der Waals surface area contributed by atoms with Gasteiger partial charge in [-0.25, -0.2) is 9.97 Å². The SMILES string of the molecule is C[C@@H]1Nc2ncccc2-n2cncc21. The maximum atomic E-state index is 4.29. The molecule has 1 atom stereocenters. The van der Waals surface area contributed by atoms with Crippen molar-refractivity contribution in [2.45, 2.75) is 13.0 Å². The van der Waals surface area contributed by atoms with Gasteiger partial charge in [0, 0.05) is 6.20 Å². The lowest BCUT2D eigenvalue weighted by Crippen LogP contribution is -2.19. The maximum absolute atomic E-state index is 4.29. The predicted molar refractivity (Wildman–Crippen MR) is 53.4 cm³/mol. The number of anilines is 1.